The summed E-state index contributed by atoms with van der Waals surface area (Å²) in [5, 5.41) is 9.19. The fourth-order valence-corrected chi connectivity index (χ4v) is 2.19. The molecule has 0 bridgehead atoms. The molecule has 0 aliphatic rings. The van der Waals surface area contributed by atoms with Crippen LogP contribution in [-0.4, -0.2) is 0 Å². The maximum atomic E-state index is 13.2. The van der Waals surface area contributed by atoms with E-state index in [4.69, 9.17) is 21.6 Å². The molecule has 0 amide bonds. The Balaban J connectivity index is 2.12. The van der Waals surface area contributed by atoms with Gasteiger partial charge in [0.1, 0.15) is 18.2 Å². The molecule has 0 unspecified atom stereocenters. The molecule has 0 aliphatic carbocycles. The third-order valence-corrected chi connectivity index (χ3v) is 3.22. The standard InChI is InChI=1S/C14H8BrClFNO/c15-11-4-12(17)6-13(5-11)19-8-10-2-1-9(7-18)3-14(10)16/h1-6H,8H2. The average Bonchev–Trinajstić information content (AvgIpc) is 2.36. The monoisotopic (exact) mass is 339 g/mol. The van der Waals surface area contributed by atoms with Gasteiger partial charge in [-0.3, -0.25) is 0 Å². The molecular weight excluding hydrogens is 333 g/mol. The van der Waals surface area contributed by atoms with Crippen LogP contribution < -0.4 is 4.74 Å². The predicted octanol–water partition coefficient (Wildman–Crippen LogP) is 4.69. The maximum absolute atomic E-state index is 13.2. The molecule has 5 heteroatoms. The lowest BCUT2D eigenvalue weighted by molar-refractivity contribution is 0.304. The minimum Gasteiger partial charge on any atom is -0.489 e. The van der Waals surface area contributed by atoms with Gasteiger partial charge >= 0.3 is 0 Å². The molecule has 2 rings (SSSR count). The van der Waals surface area contributed by atoms with E-state index >= 15 is 0 Å². The van der Waals surface area contributed by atoms with Crippen LogP contribution in [0, 0.1) is 17.1 Å². The van der Waals surface area contributed by atoms with E-state index in [9.17, 15) is 4.39 Å². The van der Waals surface area contributed by atoms with Crippen molar-refractivity contribution < 1.29 is 9.13 Å². The largest absolute Gasteiger partial charge is 0.489 e. The SMILES string of the molecule is N#Cc1ccc(COc2cc(F)cc(Br)c2)c(Cl)c1. The Morgan fingerprint density at radius 1 is 1.26 bits per heavy atom. The molecule has 2 nitrogen and oxygen atoms in total. The lowest BCUT2D eigenvalue weighted by atomic mass is 10.1. The predicted molar refractivity (Wildman–Crippen MR) is 74.6 cm³/mol. The van der Waals surface area contributed by atoms with Crippen LogP contribution in [0.4, 0.5) is 4.39 Å². The highest BCUT2D eigenvalue weighted by Crippen LogP contribution is 2.23. The van der Waals surface area contributed by atoms with E-state index in [-0.39, 0.29) is 12.4 Å². The number of nitrogens with zero attached hydrogens (tertiary/aromatic N) is 1. The van der Waals surface area contributed by atoms with Crippen LogP contribution >= 0.6 is 27.5 Å². The van der Waals surface area contributed by atoms with Crippen LogP contribution in [-0.2, 0) is 6.61 Å². The van der Waals surface area contributed by atoms with Crippen molar-refractivity contribution in [3.63, 3.8) is 0 Å². The molecule has 0 radical (unpaired) electrons. The normalized spacial score (nSPS) is 10.0. The highest BCUT2D eigenvalue weighted by atomic mass is 79.9. The molecule has 0 aliphatic heterocycles. The molecule has 19 heavy (non-hydrogen) atoms. The number of halogens is 3. The van der Waals surface area contributed by atoms with Gasteiger partial charge in [-0.05, 0) is 24.3 Å². The van der Waals surface area contributed by atoms with Crippen molar-refractivity contribution in [2.45, 2.75) is 6.61 Å². The van der Waals surface area contributed by atoms with Gasteiger partial charge in [-0.15, -0.1) is 0 Å². The second-order valence-corrected chi connectivity index (χ2v) is 5.13. The minimum absolute atomic E-state index is 0.209. The molecule has 0 fully saturated rings. The van der Waals surface area contributed by atoms with Crippen molar-refractivity contribution in [1.82, 2.24) is 0 Å². The van der Waals surface area contributed by atoms with Crippen LogP contribution in [0.2, 0.25) is 5.02 Å². The fourth-order valence-electron chi connectivity index (χ4n) is 1.51. The van der Waals surface area contributed by atoms with E-state index < -0.39 is 0 Å². The quantitative estimate of drug-likeness (QED) is 0.812. The van der Waals surface area contributed by atoms with Gasteiger partial charge in [0.25, 0.3) is 0 Å². The van der Waals surface area contributed by atoms with E-state index in [1.54, 1.807) is 24.3 Å². The van der Waals surface area contributed by atoms with Gasteiger partial charge in [0, 0.05) is 21.1 Å². The smallest absolute Gasteiger partial charge is 0.128 e. The summed E-state index contributed by atoms with van der Waals surface area (Å²) in [5.41, 5.74) is 1.23. The molecule has 0 saturated carbocycles. The first-order valence-corrected chi connectivity index (χ1v) is 6.53. The van der Waals surface area contributed by atoms with Crippen molar-refractivity contribution in [2.75, 3.05) is 0 Å². The van der Waals surface area contributed by atoms with Crippen LogP contribution in [0.25, 0.3) is 0 Å². The Bertz CT molecular complexity index is 634. The first-order valence-electron chi connectivity index (χ1n) is 5.36. The van der Waals surface area contributed by atoms with Crippen molar-refractivity contribution in [3.8, 4) is 11.8 Å². The molecular formula is C14H8BrClFNO. The number of ether oxygens (including phenoxy) is 1. The summed E-state index contributed by atoms with van der Waals surface area (Å²) in [7, 11) is 0. The van der Waals surface area contributed by atoms with E-state index in [2.05, 4.69) is 15.9 Å². The summed E-state index contributed by atoms with van der Waals surface area (Å²) in [6, 6.07) is 11.3. The Morgan fingerprint density at radius 3 is 2.68 bits per heavy atom. The van der Waals surface area contributed by atoms with E-state index in [0.717, 1.165) is 5.56 Å². The van der Waals surface area contributed by atoms with Crippen LogP contribution in [0.1, 0.15) is 11.1 Å². The van der Waals surface area contributed by atoms with Crippen LogP contribution in [0.3, 0.4) is 0 Å². The fraction of sp³-hybridized carbons (Fsp3) is 0.0714. The molecule has 2 aromatic rings. The highest BCUT2D eigenvalue weighted by molar-refractivity contribution is 9.10. The molecule has 0 spiro atoms. The zero-order valence-electron chi connectivity index (χ0n) is 9.66. The molecule has 0 atom stereocenters. The molecule has 0 heterocycles. The second-order valence-electron chi connectivity index (χ2n) is 3.81. The molecule has 0 saturated heterocycles. The Labute approximate surface area is 123 Å². The van der Waals surface area contributed by atoms with Gasteiger partial charge in [-0.25, -0.2) is 4.39 Å². The summed E-state index contributed by atoms with van der Waals surface area (Å²) in [6.45, 7) is 0.209. The topological polar surface area (TPSA) is 33.0 Å². The molecule has 2 aromatic carbocycles. The van der Waals surface area contributed by atoms with Gasteiger partial charge in [-0.2, -0.15) is 5.26 Å². The second kappa shape index (κ2) is 6.05. The van der Waals surface area contributed by atoms with Crippen molar-refractivity contribution in [1.29, 1.82) is 5.26 Å². The van der Waals surface area contributed by atoms with Crippen molar-refractivity contribution in [3.05, 3.63) is 62.8 Å². The average molecular weight is 341 g/mol. The number of hydrogen-bond donors (Lipinski definition) is 0. The van der Waals surface area contributed by atoms with Gasteiger partial charge in [0.15, 0.2) is 0 Å². The summed E-state index contributed by atoms with van der Waals surface area (Å²) >= 11 is 9.21. The number of hydrogen-bond acceptors (Lipinski definition) is 2. The number of rotatable bonds is 3. The van der Waals surface area contributed by atoms with E-state index in [1.165, 1.54) is 12.1 Å². The lowest BCUT2D eigenvalue weighted by Crippen LogP contribution is -1.97. The summed E-state index contributed by atoms with van der Waals surface area (Å²) in [4.78, 5) is 0. The Morgan fingerprint density at radius 2 is 2.05 bits per heavy atom. The van der Waals surface area contributed by atoms with Crippen molar-refractivity contribution >= 4 is 27.5 Å². The highest BCUT2D eigenvalue weighted by Gasteiger charge is 2.05. The third kappa shape index (κ3) is 3.69. The maximum Gasteiger partial charge on any atom is 0.128 e. The summed E-state index contributed by atoms with van der Waals surface area (Å²) in [5.74, 6) is 0.0302. The number of nitriles is 1. The Hall–Kier alpha value is -1.57. The summed E-state index contributed by atoms with van der Waals surface area (Å²) in [6.07, 6.45) is 0. The van der Waals surface area contributed by atoms with Crippen LogP contribution in [0.15, 0.2) is 40.9 Å². The lowest BCUT2D eigenvalue weighted by Gasteiger charge is -2.08. The zero-order chi connectivity index (χ0) is 13.8. The Kier molecular flexibility index (Phi) is 4.41. The summed E-state index contributed by atoms with van der Waals surface area (Å²) < 4.78 is 19.2. The van der Waals surface area contributed by atoms with Crippen molar-refractivity contribution in [2.24, 2.45) is 0 Å². The van der Waals surface area contributed by atoms with E-state index in [0.29, 0.717) is 20.8 Å². The van der Waals surface area contributed by atoms with Gasteiger partial charge < -0.3 is 4.74 Å². The first kappa shape index (κ1) is 13.9. The third-order valence-electron chi connectivity index (χ3n) is 2.41. The minimum atomic E-state index is -0.379. The molecule has 0 N–H and O–H groups in total. The molecule has 0 aromatic heterocycles. The van der Waals surface area contributed by atoms with Gasteiger partial charge in [0.05, 0.1) is 11.6 Å². The zero-order valence-corrected chi connectivity index (χ0v) is 12.0. The van der Waals surface area contributed by atoms with Gasteiger partial charge in [0.2, 0.25) is 0 Å². The molecule has 96 valence electrons. The van der Waals surface area contributed by atoms with Gasteiger partial charge in [-0.1, -0.05) is 33.6 Å². The number of benzene rings is 2. The van der Waals surface area contributed by atoms with Crippen LogP contribution in [0.5, 0.6) is 5.75 Å². The van der Waals surface area contributed by atoms with E-state index in [1.807, 2.05) is 6.07 Å². The first-order chi connectivity index (χ1) is 9.08.